The molecular formula is C42H56N2O12. The van der Waals surface area contributed by atoms with Crippen LogP contribution in [0.15, 0.2) is 36.1 Å². The van der Waals surface area contributed by atoms with Gasteiger partial charge in [-0.05, 0) is 45.9 Å². The molecule has 306 valence electrons. The van der Waals surface area contributed by atoms with Crippen LogP contribution in [0.1, 0.15) is 82.8 Å². The van der Waals surface area contributed by atoms with Crippen molar-refractivity contribution in [3.05, 3.63) is 52.8 Å². The van der Waals surface area contributed by atoms with Crippen LogP contribution < -0.4 is 10.1 Å². The number of fused-ring (bicyclic) bond motifs is 14. The number of hydrogen-bond acceptors (Lipinski definition) is 13. The number of ether oxygens (including phenoxy) is 4. The molecule has 2 aromatic rings. The van der Waals surface area contributed by atoms with E-state index in [0.29, 0.717) is 13.1 Å². The number of likely N-dealkylation sites (tertiary alicyclic amines) is 1. The van der Waals surface area contributed by atoms with Gasteiger partial charge in [0.1, 0.15) is 23.4 Å². The standard InChI is InChI=1S/C42H56N2O12/c1-20-13-12-14-21(2)41(52)43-32-27(19-44-16-10-11-17-44)36(49)29-30(37(32)50)35(48)25(6)39-31(29)40(51)42(8,56-39)54-18-15-28(53-9)22(3)38(55-26(7)45)24(5)34(47)23(4)33(20)46/h12-15,18,20,22-24,28,33-34,38,46-50H,10-11,16-17,19H2,1-9H3,(H,43,52)/b13-12+,18-15+,21-14+. The summed E-state index contributed by atoms with van der Waals surface area (Å²) in [5, 5.41) is 60.6. The summed E-state index contributed by atoms with van der Waals surface area (Å²) in [4.78, 5) is 42.4. The highest BCUT2D eigenvalue weighted by molar-refractivity contribution is 6.22. The predicted molar refractivity (Wildman–Crippen MR) is 208 cm³/mol. The first-order chi connectivity index (χ1) is 26.3. The average molecular weight is 781 g/mol. The van der Waals surface area contributed by atoms with Crippen molar-refractivity contribution < 1.29 is 58.9 Å². The molecule has 0 spiro atoms. The number of carbonyl (C=O) groups is 3. The number of Topliss-reactive ketones (excluding diaryl/α,β-unsaturated/α-hetero) is 1. The van der Waals surface area contributed by atoms with E-state index in [-0.39, 0.29) is 51.0 Å². The molecule has 0 aliphatic carbocycles. The molecule has 14 nitrogen and oxygen atoms in total. The van der Waals surface area contributed by atoms with Crippen LogP contribution in [0.5, 0.6) is 23.0 Å². The van der Waals surface area contributed by atoms with Crippen molar-refractivity contribution >= 4 is 34.1 Å². The third-order valence-corrected chi connectivity index (χ3v) is 11.7. The molecule has 4 aliphatic heterocycles. The number of allylic oxidation sites excluding steroid dienone is 2. The molecule has 9 atom stereocenters. The first-order valence-corrected chi connectivity index (χ1v) is 19.1. The molecule has 1 fully saturated rings. The quantitative estimate of drug-likeness (QED) is 0.132. The SMILES string of the molecule is COC1/C=C/OC2(C)Oc3c(C)c(O)c4c(O)c(c(CN5CCCC5)c(O)c4c3C2=O)NC(=O)/C(C)=C/C=C/C(C)C(O)C(C)C(O)C(C)C(OC(C)=O)C1C. The van der Waals surface area contributed by atoms with Crippen LogP contribution in [-0.4, -0.2) is 98.5 Å². The maximum absolute atomic E-state index is 14.4. The number of hydrogen-bond donors (Lipinski definition) is 6. The molecular weight excluding hydrogens is 724 g/mol. The topological polar surface area (TPSA) is 205 Å². The van der Waals surface area contributed by atoms with Crippen molar-refractivity contribution in [1.82, 2.24) is 4.90 Å². The summed E-state index contributed by atoms with van der Waals surface area (Å²) >= 11 is 0. The lowest BCUT2D eigenvalue weighted by Crippen LogP contribution is -2.46. The van der Waals surface area contributed by atoms with Gasteiger partial charge in [-0.25, -0.2) is 0 Å². The number of aliphatic hydroxyl groups excluding tert-OH is 2. The summed E-state index contributed by atoms with van der Waals surface area (Å²) in [5.41, 5.74) is 0.223. The largest absolute Gasteiger partial charge is 0.507 e. The smallest absolute Gasteiger partial charge is 0.312 e. The predicted octanol–water partition coefficient (Wildman–Crippen LogP) is 5.35. The van der Waals surface area contributed by atoms with E-state index in [0.717, 1.165) is 12.8 Å². The van der Waals surface area contributed by atoms with Gasteiger partial charge in [-0.1, -0.05) is 45.9 Å². The van der Waals surface area contributed by atoms with Crippen molar-refractivity contribution in [2.75, 3.05) is 25.5 Å². The van der Waals surface area contributed by atoms with Gasteiger partial charge in [-0.15, -0.1) is 0 Å². The van der Waals surface area contributed by atoms with Gasteiger partial charge in [-0.2, -0.15) is 0 Å². The molecule has 0 saturated carbocycles. The van der Waals surface area contributed by atoms with Crippen molar-refractivity contribution in [3.63, 3.8) is 0 Å². The fourth-order valence-electron chi connectivity index (χ4n) is 8.10. The first kappa shape index (κ1) is 42.5. The van der Waals surface area contributed by atoms with Crippen LogP contribution in [-0.2, 0) is 30.3 Å². The number of aromatic hydroxyl groups is 3. The first-order valence-electron chi connectivity index (χ1n) is 19.1. The summed E-state index contributed by atoms with van der Waals surface area (Å²) < 4.78 is 23.6. The van der Waals surface area contributed by atoms with E-state index in [1.807, 2.05) is 4.90 Å². The zero-order valence-electron chi connectivity index (χ0n) is 33.6. The molecule has 2 aromatic carbocycles. The van der Waals surface area contributed by atoms with E-state index < -0.39 is 88.8 Å². The Balaban J connectivity index is 1.70. The molecule has 4 heterocycles. The molecule has 6 N–H and O–H groups in total. The summed E-state index contributed by atoms with van der Waals surface area (Å²) in [6.07, 6.45) is 5.58. The highest BCUT2D eigenvalue weighted by atomic mass is 16.7. The summed E-state index contributed by atoms with van der Waals surface area (Å²) in [7, 11) is 1.45. The normalized spacial score (nSPS) is 32.7. The van der Waals surface area contributed by atoms with E-state index in [1.54, 1.807) is 46.8 Å². The van der Waals surface area contributed by atoms with Crippen molar-refractivity contribution in [1.29, 1.82) is 0 Å². The number of nitrogens with zero attached hydrogens (tertiary/aromatic N) is 1. The van der Waals surface area contributed by atoms with Crippen LogP contribution in [0.25, 0.3) is 10.8 Å². The lowest BCUT2D eigenvalue weighted by atomic mass is 9.78. The van der Waals surface area contributed by atoms with Crippen LogP contribution in [0.2, 0.25) is 0 Å². The van der Waals surface area contributed by atoms with Gasteiger partial charge in [-0.3, -0.25) is 19.3 Å². The Labute approximate surface area is 327 Å². The Hall–Kier alpha value is -4.63. The number of amides is 1. The minimum absolute atomic E-state index is 0.0504. The molecule has 6 rings (SSSR count). The molecule has 0 aromatic heterocycles. The minimum Gasteiger partial charge on any atom is -0.507 e. The Morgan fingerprint density at radius 1 is 0.946 bits per heavy atom. The zero-order chi connectivity index (χ0) is 41.4. The Bertz CT molecular complexity index is 1950. The maximum atomic E-state index is 14.4. The Kier molecular flexibility index (Phi) is 12.8. The molecule has 56 heavy (non-hydrogen) atoms. The van der Waals surface area contributed by atoms with Crippen LogP contribution in [0.3, 0.4) is 0 Å². The molecule has 4 aliphatic rings. The third kappa shape index (κ3) is 7.97. The average Bonchev–Trinajstić information content (AvgIpc) is 3.77. The van der Waals surface area contributed by atoms with E-state index in [4.69, 9.17) is 18.9 Å². The molecule has 1 saturated heterocycles. The number of methoxy groups -OCH3 is 1. The Morgan fingerprint density at radius 3 is 2.23 bits per heavy atom. The van der Waals surface area contributed by atoms with Crippen LogP contribution in [0, 0.1) is 30.6 Å². The van der Waals surface area contributed by atoms with Gasteiger partial charge >= 0.3 is 11.8 Å². The summed E-state index contributed by atoms with van der Waals surface area (Å²) in [6.45, 7) is 14.2. The number of anilines is 1. The van der Waals surface area contributed by atoms with Gasteiger partial charge in [0.15, 0.2) is 5.75 Å². The molecule has 0 radical (unpaired) electrons. The number of phenolic OH excluding ortho intramolecular Hbond substituents is 3. The fraction of sp³-hybridized carbons (Fsp3) is 0.548. The third-order valence-electron chi connectivity index (χ3n) is 11.7. The maximum Gasteiger partial charge on any atom is 0.312 e. The van der Waals surface area contributed by atoms with E-state index >= 15 is 0 Å². The molecule has 5 bridgehead atoms. The second kappa shape index (κ2) is 16.8. The van der Waals surface area contributed by atoms with Crippen LogP contribution in [0.4, 0.5) is 5.69 Å². The molecule has 14 heteroatoms. The van der Waals surface area contributed by atoms with Gasteiger partial charge < -0.3 is 49.8 Å². The molecule has 1 amide bonds. The van der Waals surface area contributed by atoms with Crippen molar-refractivity contribution in [2.45, 2.75) is 105 Å². The van der Waals surface area contributed by atoms with E-state index in [1.165, 1.54) is 46.3 Å². The number of ketones is 1. The number of phenols is 3. The van der Waals surface area contributed by atoms with Crippen molar-refractivity contribution in [3.8, 4) is 23.0 Å². The minimum atomic E-state index is -2.00. The number of aliphatic hydroxyl groups is 2. The Morgan fingerprint density at radius 2 is 1.61 bits per heavy atom. The number of carbonyl (C=O) groups excluding carboxylic acids is 3. The summed E-state index contributed by atoms with van der Waals surface area (Å²) in [5.74, 6) is -7.78. The van der Waals surface area contributed by atoms with Gasteiger partial charge in [0, 0.05) is 73.3 Å². The highest BCUT2D eigenvalue weighted by Gasteiger charge is 2.50. The van der Waals surface area contributed by atoms with E-state index in [9.17, 15) is 39.9 Å². The highest BCUT2D eigenvalue weighted by Crippen LogP contribution is 2.55. The van der Waals surface area contributed by atoms with Crippen molar-refractivity contribution in [2.24, 2.45) is 23.7 Å². The van der Waals surface area contributed by atoms with Gasteiger partial charge in [0.2, 0.25) is 0 Å². The zero-order valence-corrected chi connectivity index (χ0v) is 33.6. The second-order valence-corrected chi connectivity index (χ2v) is 15.7. The monoisotopic (exact) mass is 780 g/mol. The van der Waals surface area contributed by atoms with Gasteiger partial charge in [0.05, 0.1) is 41.2 Å². The number of nitrogens with one attached hydrogen (secondary N) is 1. The number of esters is 1. The van der Waals surface area contributed by atoms with E-state index in [2.05, 4.69) is 5.32 Å². The second-order valence-electron chi connectivity index (χ2n) is 15.7. The fourth-order valence-corrected chi connectivity index (χ4v) is 8.10. The lowest BCUT2D eigenvalue weighted by molar-refractivity contribution is -0.160. The van der Waals surface area contributed by atoms with Gasteiger partial charge in [0.25, 0.3) is 11.7 Å². The number of benzene rings is 2. The summed E-state index contributed by atoms with van der Waals surface area (Å²) in [6, 6.07) is 0. The van der Waals surface area contributed by atoms with Crippen LogP contribution >= 0.6 is 0 Å². The molecule has 9 unspecified atom stereocenters. The number of rotatable bonds is 4. The lowest BCUT2D eigenvalue weighted by Gasteiger charge is -2.38.